The molecule has 0 saturated carbocycles. The highest BCUT2D eigenvalue weighted by molar-refractivity contribution is 5.94. The molecule has 0 spiro atoms. The van der Waals surface area contributed by atoms with E-state index in [4.69, 9.17) is 10.4 Å². The molecule has 0 atom stereocenters. The minimum Gasteiger partial charge on any atom is -0.478 e. The van der Waals surface area contributed by atoms with Crippen molar-refractivity contribution in [3.8, 4) is 6.07 Å². The molecule has 18 heavy (non-hydrogen) atoms. The maximum atomic E-state index is 11.0. The van der Waals surface area contributed by atoms with Crippen molar-refractivity contribution in [2.24, 2.45) is 0 Å². The molecule has 0 amide bonds. The molecule has 0 fully saturated rings. The normalized spacial score (nSPS) is 9.50. The van der Waals surface area contributed by atoms with E-state index in [0.29, 0.717) is 16.9 Å². The van der Waals surface area contributed by atoms with Gasteiger partial charge in [-0.15, -0.1) is 0 Å². The summed E-state index contributed by atoms with van der Waals surface area (Å²) in [6.07, 6.45) is 2.75. The maximum absolute atomic E-state index is 11.0. The van der Waals surface area contributed by atoms with Crippen LogP contribution in [-0.4, -0.2) is 16.1 Å². The first kappa shape index (κ1) is 11.6. The van der Waals surface area contributed by atoms with Crippen LogP contribution in [0.1, 0.15) is 15.9 Å². The predicted molar refractivity (Wildman–Crippen MR) is 65.6 cm³/mol. The van der Waals surface area contributed by atoms with Gasteiger partial charge in [0.2, 0.25) is 0 Å². The van der Waals surface area contributed by atoms with E-state index in [1.807, 2.05) is 6.07 Å². The fraction of sp³-hybridized carbons (Fsp3) is 0. The fourth-order valence-electron chi connectivity index (χ4n) is 1.51. The lowest BCUT2D eigenvalue weighted by molar-refractivity contribution is 0.0697. The Morgan fingerprint density at radius 3 is 2.78 bits per heavy atom. The Morgan fingerprint density at radius 1 is 1.28 bits per heavy atom. The summed E-state index contributed by atoms with van der Waals surface area (Å²) in [4.78, 5) is 14.8. The summed E-state index contributed by atoms with van der Waals surface area (Å²) in [7, 11) is 0. The minimum absolute atomic E-state index is 0.0604. The summed E-state index contributed by atoms with van der Waals surface area (Å²) >= 11 is 0. The standard InChI is InChI=1S/C13H9N3O2/c14-7-9-3-1-2-4-11(9)16-12-5-6-15-8-10(12)13(17)18/h1-6,8H,(H,15,16)(H,17,18). The summed E-state index contributed by atoms with van der Waals surface area (Å²) in [5.41, 5.74) is 1.48. The number of nitriles is 1. The minimum atomic E-state index is -1.07. The summed E-state index contributed by atoms with van der Waals surface area (Å²) < 4.78 is 0. The van der Waals surface area contributed by atoms with E-state index in [9.17, 15) is 4.79 Å². The number of benzene rings is 1. The highest BCUT2D eigenvalue weighted by atomic mass is 16.4. The van der Waals surface area contributed by atoms with Crippen LogP contribution in [-0.2, 0) is 0 Å². The van der Waals surface area contributed by atoms with Crippen LogP contribution in [0.2, 0.25) is 0 Å². The lowest BCUT2D eigenvalue weighted by Gasteiger charge is -2.09. The van der Waals surface area contributed by atoms with Crippen molar-refractivity contribution < 1.29 is 9.90 Å². The SMILES string of the molecule is N#Cc1ccccc1Nc1ccncc1C(=O)O. The van der Waals surface area contributed by atoms with Gasteiger partial charge in [0.25, 0.3) is 0 Å². The molecule has 0 bridgehead atoms. The molecule has 0 unspecified atom stereocenters. The van der Waals surface area contributed by atoms with E-state index in [2.05, 4.69) is 10.3 Å². The molecule has 5 heteroatoms. The molecule has 88 valence electrons. The van der Waals surface area contributed by atoms with E-state index >= 15 is 0 Å². The largest absolute Gasteiger partial charge is 0.478 e. The average molecular weight is 239 g/mol. The maximum Gasteiger partial charge on any atom is 0.339 e. The lowest BCUT2D eigenvalue weighted by Crippen LogP contribution is -2.03. The van der Waals surface area contributed by atoms with Gasteiger partial charge in [-0.1, -0.05) is 12.1 Å². The van der Waals surface area contributed by atoms with Crippen LogP contribution in [0.3, 0.4) is 0 Å². The van der Waals surface area contributed by atoms with Gasteiger partial charge in [0.05, 0.1) is 16.9 Å². The summed E-state index contributed by atoms with van der Waals surface area (Å²) in [5.74, 6) is -1.07. The number of nitrogens with one attached hydrogen (secondary N) is 1. The second-order valence-corrected chi connectivity index (χ2v) is 3.51. The van der Waals surface area contributed by atoms with Crippen molar-refractivity contribution in [2.45, 2.75) is 0 Å². The highest BCUT2D eigenvalue weighted by Crippen LogP contribution is 2.22. The Hall–Kier alpha value is -2.87. The van der Waals surface area contributed by atoms with E-state index in [-0.39, 0.29) is 5.56 Å². The third kappa shape index (κ3) is 2.28. The van der Waals surface area contributed by atoms with Crippen LogP contribution in [0.25, 0.3) is 0 Å². The third-order valence-electron chi connectivity index (χ3n) is 2.37. The number of carboxylic acid groups (broad SMARTS) is 1. The van der Waals surface area contributed by atoms with Gasteiger partial charge in [-0.05, 0) is 18.2 Å². The van der Waals surface area contributed by atoms with Gasteiger partial charge >= 0.3 is 5.97 Å². The lowest BCUT2D eigenvalue weighted by atomic mass is 10.1. The van der Waals surface area contributed by atoms with Crippen molar-refractivity contribution in [3.05, 3.63) is 53.9 Å². The molecule has 1 aromatic carbocycles. The Kier molecular flexibility index (Phi) is 3.21. The number of aromatic nitrogens is 1. The zero-order chi connectivity index (χ0) is 13.0. The van der Waals surface area contributed by atoms with Gasteiger partial charge in [-0.3, -0.25) is 4.98 Å². The Labute approximate surface area is 103 Å². The molecule has 0 aliphatic heterocycles. The smallest absolute Gasteiger partial charge is 0.339 e. The molecule has 5 nitrogen and oxygen atoms in total. The predicted octanol–water partition coefficient (Wildman–Crippen LogP) is 2.40. The van der Waals surface area contributed by atoms with E-state index in [1.165, 1.54) is 12.4 Å². The number of pyridine rings is 1. The fourth-order valence-corrected chi connectivity index (χ4v) is 1.51. The average Bonchev–Trinajstić information content (AvgIpc) is 2.40. The first-order chi connectivity index (χ1) is 8.72. The van der Waals surface area contributed by atoms with Crippen molar-refractivity contribution in [3.63, 3.8) is 0 Å². The number of anilines is 2. The van der Waals surface area contributed by atoms with Gasteiger partial charge in [0.15, 0.2) is 0 Å². The molecule has 2 aromatic rings. The molecular weight excluding hydrogens is 230 g/mol. The molecule has 0 aliphatic carbocycles. The van der Waals surface area contributed by atoms with Crippen LogP contribution >= 0.6 is 0 Å². The quantitative estimate of drug-likeness (QED) is 0.858. The number of hydrogen-bond acceptors (Lipinski definition) is 4. The molecule has 1 aromatic heterocycles. The number of para-hydroxylation sites is 1. The van der Waals surface area contributed by atoms with E-state index in [1.54, 1.807) is 30.3 Å². The molecule has 2 N–H and O–H groups in total. The van der Waals surface area contributed by atoms with Gasteiger partial charge in [0.1, 0.15) is 11.6 Å². The summed E-state index contributed by atoms with van der Waals surface area (Å²) in [6.45, 7) is 0. The topological polar surface area (TPSA) is 86.0 Å². The van der Waals surface area contributed by atoms with Crippen LogP contribution in [0.5, 0.6) is 0 Å². The molecule has 0 radical (unpaired) electrons. The molecule has 1 heterocycles. The Balaban J connectivity index is 2.41. The van der Waals surface area contributed by atoms with Crippen LogP contribution in [0, 0.1) is 11.3 Å². The molecular formula is C13H9N3O2. The first-order valence-electron chi connectivity index (χ1n) is 5.16. The number of carboxylic acids is 1. The van der Waals surface area contributed by atoms with Gasteiger partial charge in [-0.25, -0.2) is 4.79 Å². The zero-order valence-corrected chi connectivity index (χ0v) is 9.29. The Morgan fingerprint density at radius 2 is 2.06 bits per heavy atom. The molecule has 0 saturated heterocycles. The van der Waals surface area contributed by atoms with Gasteiger partial charge < -0.3 is 10.4 Å². The number of aromatic carboxylic acids is 1. The first-order valence-corrected chi connectivity index (χ1v) is 5.16. The van der Waals surface area contributed by atoms with Crippen molar-refractivity contribution >= 4 is 17.3 Å². The van der Waals surface area contributed by atoms with Gasteiger partial charge in [-0.2, -0.15) is 5.26 Å². The van der Waals surface area contributed by atoms with Crippen LogP contribution in [0.15, 0.2) is 42.7 Å². The summed E-state index contributed by atoms with van der Waals surface area (Å²) in [6, 6.07) is 10.5. The van der Waals surface area contributed by atoms with Crippen molar-refractivity contribution in [1.82, 2.24) is 4.98 Å². The van der Waals surface area contributed by atoms with Crippen LogP contribution in [0.4, 0.5) is 11.4 Å². The number of carbonyl (C=O) groups is 1. The van der Waals surface area contributed by atoms with Crippen LogP contribution < -0.4 is 5.32 Å². The monoisotopic (exact) mass is 239 g/mol. The Bertz CT molecular complexity index is 632. The zero-order valence-electron chi connectivity index (χ0n) is 9.29. The highest BCUT2D eigenvalue weighted by Gasteiger charge is 2.10. The second-order valence-electron chi connectivity index (χ2n) is 3.51. The van der Waals surface area contributed by atoms with Gasteiger partial charge in [0, 0.05) is 12.4 Å². The number of nitrogens with zero attached hydrogens (tertiary/aromatic N) is 2. The number of hydrogen-bond donors (Lipinski definition) is 2. The van der Waals surface area contributed by atoms with E-state index < -0.39 is 5.97 Å². The summed E-state index contributed by atoms with van der Waals surface area (Å²) in [5, 5.41) is 20.9. The number of rotatable bonds is 3. The molecule has 0 aliphatic rings. The van der Waals surface area contributed by atoms with E-state index in [0.717, 1.165) is 0 Å². The molecule has 2 rings (SSSR count). The third-order valence-corrected chi connectivity index (χ3v) is 2.37. The van der Waals surface area contributed by atoms with Crippen molar-refractivity contribution in [1.29, 1.82) is 5.26 Å². The van der Waals surface area contributed by atoms with Crippen molar-refractivity contribution in [2.75, 3.05) is 5.32 Å². The second kappa shape index (κ2) is 4.97.